The lowest BCUT2D eigenvalue weighted by atomic mass is 10.3. The van der Waals surface area contributed by atoms with Crippen molar-refractivity contribution in [3.8, 4) is 5.75 Å². The number of sulfonamides is 1. The maximum absolute atomic E-state index is 11.6. The summed E-state index contributed by atoms with van der Waals surface area (Å²) in [6.45, 7) is -0.699. The lowest BCUT2D eigenvalue weighted by Crippen LogP contribution is -2.35. The predicted molar refractivity (Wildman–Crippen MR) is 67.8 cm³/mol. The molecule has 0 heterocycles. The maximum Gasteiger partial charge on any atom is 0.324 e. The number of hydrogen-bond acceptors (Lipinski definition) is 4. The first-order chi connectivity index (χ1) is 8.25. The fourth-order valence-electron chi connectivity index (χ4n) is 1.36. The Morgan fingerprint density at radius 1 is 1.50 bits per heavy atom. The van der Waals surface area contributed by atoms with E-state index >= 15 is 0 Å². The van der Waals surface area contributed by atoms with Gasteiger partial charge in [0.2, 0.25) is 10.0 Å². The monoisotopic (exact) mass is 293 g/mol. The first-order valence-electron chi connectivity index (χ1n) is 4.78. The van der Waals surface area contributed by atoms with Crippen LogP contribution in [0.4, 0.5) is 5.69 Å². The Balaban J connectivity index is 3.37. The molecule has 0 saturated heterocycles. The normalized spacial score (nSPS) is 11.1. The van der Waals surface area contributed by atoms with Crippen LogP contribution in [-0.4, -0.2) is 39.4 Å². The molecular weight excluding hydrogens is 282 g/mol. The van der Waals surface area contributed by atoms with Gasteiger partial charge in [-0.15, -0.1) is 0 Å². The molecule has 0 fully saturated rings. The van der Waals surface area contributed by atoms with Gasteiger partial charge in [0.1, 0.15) is 12.3 Å². The third kappa shape index (κ3) is 3.51. The van der Waals surface area contributed by atoms with E-state index in [-0.39, 0.29) is 16.5 Å². The molecule has 100 valence electrons. The van der Waals surface area contributed by atoms with E-state index in [9.17, 15) is 13.2 Å². The van der Waals surface area contributed by atoms with Crippen LogP contribution in [0.15, 0.2) is 18.2 Å². The number of aliphatic carboxylic acids is 1. The molecule has 1 aromatic rings. The largest absolute Gasteiger partial charge is 0.495 e. The Morgan fingerprint density at radius 3 is 2.56 bits per heavy atom. The highest BCUT2D eigenvalue weighted by Gasteiger charge is 2.23. The number of carboxylic acid groups (broad SMARTS) is 1. The van der Waals surface area contributed by atoms with E-state index < -0.39 is 22.5 Å². The van der Waals surface area contributed by atoms with Crippen molar-refractivity contribution in [3.63, 3.8) is 0 Å². The lowest BCUT2D eigenvalue weighted by molar-refractivity contribution is -0.135. The van der Waals surface area contributed by atoms with E-state index in [0.29, 0.717) is 0 Å². The molecule has 18 heavy (non-hydrogen) atoms. The highest BCUT2D eigenvalue weighted by atomic mass is 35.5. The zero-order chi connectivity index (χ0) is 13.9. The molecule has 0 atom stereocenters. The smallest absolute Gasteiger partial charge is 0.324 e. The second-order valence-electron chi connectivity index (χ2n) is 3.48. The summed E-state index contributed by atoms with van der Waals surface area (Å²) in [6.07, 6.45) is 0.913. The molecule has 0 unspecified atom stereocenters. The third-order valence-corrected chi connectivity index (χ3v) is 3.45. The van der Waals surface area contributed by atoms with E-state index in [2.05, 4.69) is 0 Å². The summed E-state index contributed by atoms with van der Waals surface area (Å²) in [4.78, 5) is 10.7. The van der Waals surface area contributed by atoms with Crippen molar-refractivity contribution in [2.45, 2.75) is 0 Å². The van der Waals surface area contributed by atoms with Crippen molar-refractivity contribution >= 4 is 33.3 Å². The highest BCUT2D eigenvalue weighted by Crippen LogP contribution is 2.32. The Morgan fingerprint density at radius 2 is 2.11 bits per heavy atom. The SMILES string of the molecule is COc1ccc(Cl)cc1N(CC(=O)O)S(C)(=O)=O. The van der Waals surface area contributed by atoms with Gasteiger partial charge in [0.25, 0.3) is 0 Å². The first-order valence-corrected chi connectivity index (χ1v) is 7.01. The molecule has 0 spiro atoms. The number of ether oxygens (including phenoxy) is 1. The Hall–Kier alpha value is -1.47. The van der Waals surface area contributed by atoms with Gasteiger partial charge >= 0.3 is 5.97 Å². The van der Waals surface area contributed by atoms with Crippen LogP contribution < -0.4 is 9.04 Å². The van der Waals surface area contributed by atoms with Gasteiger partial charge in [0.15, 0.2) is 0 Å². The molecule has 0 aromatic heterocycles. The summed E-state index contributed by atoms with van der Waals surface area (Å²) < 4.78 is 28.9. The number of anilines is 1. The molecular formula is C10H12ClNO5S. The second-order valence-corrected chi connectivity index (χ2v) is 5.82. The van der Waals surface area contributed by atoms with E-state index in [4.69, 9.17) is 21.4 Å². The average molecular weight is 294 g/mol. The zero-order valence-electron chi connectivity index (χ0n) is 9.75. The number of hydrogen-bond donors (Lipinski definition) is 1. The van der Waals surface area contributed by atoms with Crippen LogP contribution in [0.3, 0.4) is 0 Å². The van der Waals surface area contributed by atoms with E-state index in [1.54, 1.807) is 0 Å². The molecule has 0 aliphatic carbocycles. The summed E-state index contributed by atoms with van der Waals surface area (Å²) in [5, 5.41) is 9.04. The minimum atomic E-state index is -3.75. The van der Waals surface area contributed by atoms with E-state index in [0.717, 1.165) is 10.6 Å². The highest BCUT2D eigenvalue weighted by molar-refractivity contribution is 7.92. The Kier molecular flexibility index (Phi) is 4.42. The van der Waals surface area contributed by atoms with Gasteiger partial charge in [-0.05, 0) is 18.2 Å². The van der Waals surface area contributed by atoms with Gasteiger partial charge < -0.3 is 9.84 Å². The van der Waals surface area contributed by atoms with Crippen LogP contribution in [0.25, 0.3) is 0 Å². The molecule has 0 aliphatic heterocycles. The molecule has 0 bridgehead atoms. The quantitative estimate of drug-likeness (QED) is 0.882. The van der Waals surface area contributed by atoms with Crippen LogP contribution >= 0.6 is 11.6 Å². The molecule has 0 saturated carbocycles. The van der Waals surface area contributed by atoms with Gasteiger partial charge in [-0.3, -0.25) is 9.10 Å². The molecule has 1 N–H and O–H groups in total. The number of carboxylic acids is 1. The van der Waals surface area contributed by atoms with Crippen molar-refractivity contribution in [2.75, 3.05) is 24.2 Å². The second kappa shape index (κ2) is 5.45. The number of methoxy groups -OCH3 is 1. The number of benzene rings is 1. The number of carbonyl (C=O) groups is 1. The Bertz CT molecular complexity index is 557. The summed E-state index contributed by atoms with van der Waals surface area (Å²) in [7, 11) is -2.39. The van der Waals surface area contributed by atoms with E-state index in [1.165, 1.54) is 25.3 Å². The van der Waals surface area contributed by atoms with Crippen molar-refractivity contribution < 1.29 is 23.1 Å². The van der Waals surface area contributed by atoms with Gasteiger partial charge in [0, 0.05) is 5.02 Å². The van der Waals surface area contributed by atoms with Crippen molar-refractivity contribution in [1.29, 1.82) is 0 Å². The number of halogens is 1. The first kappa shape index (κ1) is 14.6. The average Bonchev–Trinajstić information content (AvgIpc) is 2.24. The van der Waals surface area contributed by atoms with Gasteiger partial charge in [-0.2, -0.15) is 0 Å². The van der Waals surface area contributed by atoms with Crippen LogP contribution in [0.5, 0.6) is 5.75 Å². The zero-order valence-corrected chi connectivity index (χ0v) is 11.3. The summed E-state index contributed by atoms with van der Waals surface area (Å²) >= 11 is 5.78. The van der Waals surface area contributed by atoms with Crippen LogP contribution in [0.1, 0.15) is 0 Å². The van der Waals surface area contributed by atoms with E-state index in [1.807, 2.05) is 0 Å². The van der Waals surface area contributed by atoms with Crippen LogP contribution in [0.2, 0.25) is 5.02 Å². The van der Waals surface area contributed by atoms with Crippen molar-refractivity contribution in [2.24, 2.45) is 0 Å². The Labute approximate surface area is 110 Å². The molecule has 0 radical (unpaired) electrons. The summed E-state index contributed by atoms with van der Waals surface area (Å²) in [5.74, 6) is -1.05. The topological polar surface area (TPSA) is 83.9 Å². The standard InChI is InChI=1S/C10H12ClNO5S/c1-17-9-4-3-7(11)5-8(9)12(6-10(13)14)18(2,15)16/h3-5H,6H2,1-2H3,(H,13,14). The predicted octanol–water partition coefficient (Wildman–Crippen LogP) is 1.20. The molecule has 8 heteroatoms. The van der Waals surface area contributed by atoms with Crippen LogP contribution in [0, 0.1) is 0 Å². The lowest BCUT2D eigenvalue weighted by Gasteiger charge is -2.22. The van der Waals surface area contributed by atoms with Gasteiger partial charge in [-0.1, -0.05) is 11.6 Å². The molecule has 1 rings (SSSR count). The minimum Gasteiger partial charge on any atom is -0.495 e. The fourth-order valence-corrected chi connectivity index (χ4v) is 2.37. The molecule has 6 nitrogen and oxygen atoms in total. The van der Waals surface area contributed by atoms with Crippen molar-refractivity contribution in [1.82, 2.24) is 0 Å². The molecule has 1 aromatic carbocycles. The van der Waals surface area contributed by atoms with Crippen LogP contribution in [-0.2, 0) is 14.8 Å². The number of rotatable bonds is 5. The summed E-state index contributed by atoms with van der Waals surface area (Å²) in [6, 6.07) is 4.33. The maximum atomic E-state index is 11.6. The van der Waals surface area contributed by atoms with Gasteiger partial charge in [0.05, 0.1) is 19.1 Å². The van der Waals surface area contributed by atoms with Gasteiger partial charge in [-0.25, -0.2) is 8.42 Å². The fraction of sp³-hybridized carbons (Fsp3) is 0.300. The summed E-state index contributed by atoms with van der Waals surface area (Å²) in [5.41, 5.74) is 0.0925. The molecule has 0 aliphatic rings. The number of nitrogens with zero attached hydrogens (tertiary/aromatic N) is 1. The minimum absolute atomic E-state index is 0.0925. The molecule has 0 amide bonds. The van der Waals surface area contributed by atoms with Crippen molar-refractivity contribution in [3.05, 3.63) is 23.2 Å². The third-order valence-electron chi connectivity index (χ3n) is 2.09.